The first kappa shape index (κ1) is 16.9. The third-order valence-corrected chi connectivity index (χ3v) is 4.37. The number of carbonyl (C=O) groups is 1. The highest BCUT2D eigenvalue weighted by atomic mass is 32.1. The molecule has 1 aromatic carbocycles. The van der Waals surface area contributed by atoms with Gasteiger partial charge in [0.15, 0.2) is 5.13 Å². The predicted molar refractivity (Wildman–Crippen MR) is 99.0 cm³/mol. The average Bonchev–Trinajstić information content (AvgIpc) is 3.13. The number of amides is 1. The molecule has 3 aromatic rings. The van der Waals surface area contributed by atoms with E-state index in [1.54, 1.807) is 29.2 Å². The SMILES string of the molecule is CC(C)(C)c1nc(NC(=O)c2cc(N)cc(N)c2)sc1-n1cncn1. The lowest BCUT2D eigenvalue weighted by atomic mass is 9.92. The van der Waals surface area contributed by atoms with Crippen molar-refractivity contribution in [2.24, 2.45) is 0 Å². The number of thiazole rings is 1. The van der Waals surface area contributed by atoms with Gasteiger partial charge in [0.1, 0.15) is 17.7 Å². The van der Waals surface area contributed by atoms with Crippen LogP contribution in [0.15, 0.2) is 30.9 Å². The molecule has 0 unspecified atom stereocenters. The number of aromatic nitrogens is 4. The van der Waals surface area contributed by atoms with Gasteiger partial charge in [-0.3, -0.25) is 10.1 Å². The number of hydrogen-bond acceptors (Lipinski definition) is 7. The molecular formula is C16H19N7OS. The summed E-state index contributed by atoms with van der Waals surface area (Å²) in [5.41, 5.74) is 13.4. The number of rotatable bonds is 3. The molecule has 0 atom stereocenters. The van der Waals surface area contributed by atoms with Crippen molar-refractivity contribution in [3.63, 3.8) is 0 Å². The Bertz CT molecular complexity index is 889. The summed E-state index contributed by atoms with van der Waals surface area (Å²) in [6.45, 7) is 6.14. The van der Waals surface area contributed by atoms with Gasteiger partial charge in [-0.15, -0.1) is 0 Å². The summed E-state index contributed by atoms with van der Waals surface area (Å²) in [4.78, 5) is 21.0. The van der Waals surface area contributed by atoms with E-state index in [1.807, 2.05) is 20.8 Å². The van der Waals surface area contributed by atoms with E-state index in [4.69, 9.17) is 11.5 Å². The zero-order chi connectivity index (χ0) is 18.2. The fourth-order valence-corrected chi connectivity index (χ4v) is 3.40. The number of nitrogens with two attached hydrogens (primary N) is 2. The first-order valence-corrected chi connectivity index (χ1v) is 8.39. The smallest absolute Gasteiger partial charge is 0.257 e. The molecule has 0 aliphatic rings. The van der Waals surface area contributed by atoms with Crippen LogP contribution in [-0.4, -0.2) is 25.7 Å². The van der Waals surface area contributed by atoms with E-state index in [-0.39, 0.29) is 11.3 Å². The highest BCUT2D eigenvalue weighted by Crippen LogP contribution is 2.34. The summed E-state index contributed by atoms with van der Waals surface area (Å²) in [5, 5.41) is 8.25. The standard InChI is InChI=1S/C16H19N7OS/c1-16(2,3)12-14(23-8-19-7-20-23)25-15(21-12)22-13(24)9-4-10(17)6-11(18)5-9/h4-8H,17-18H2,1-3H3,(H,21,22,24). The molecular weight excluding hydrogens is 338 g/mol. The van der Waals surface area contributed by atoms with Gasteiger partial charge >= 0.3 is 0 Å². The maximum absolute atomic E-state index is 12.5. The van der Waals surface area contributed by atoms with Gasteiger partial charge in [-0.25, -0.2) is 14.6 Å². The summed E-state index contributed by atoms with van der Waals surface area (Å²) in [6, 6.07) is 4.74. The molecule has 2 aromatic heterocycles. The number of nitrogens with zero attached hydrogens (tertiary/aromatic N) is 4. The fraction of sp³-hybridized carbons (Fsp3) is 0.250. The van der Waals surface area contributed by atoms with Crippen molar-refractivity contribution in [1.29, 1.82) is 0 Å². The second-order valence-electron chi connectivity index (χ2n) is 6.61. The number of nitrogen functional groups attached to an aromatic ring is 2. The van der Waals surface area contributed by atoms with Gasteiger partial charge in [0.05, 0.1) is 5.69 Å². The van der Waals surface area contributed by atoms with Gasteiger partial charge in [0, 0.05) is 22.4 Å². The second kappa shape index (κ2) is 6.17. The summed E-state index contributed by atoms with van der Waals surface area (Å²) >= 11 is 1.33. The van der Waals surface area contributed by atoms with Crippen molar-refractivity contribution in [3.05, 3.63) is 42.1 Å². The van der Waals surface area contributed by atoms with Crippen molar-refractivity contribution in [2.75, 3.05) is 16.8 Å². The topological polar surface area (TPSA) is 125 Å². The summed E-state index contributed by atoms with van der Waals surface area (Å²) in [6.07, 6.45) is 3.06. The normalized spacial score (nSPS) is 11.5. The third kappa shape index (κ3) is 3.61. The molecule has 2 heterocycles. The predicted octanol–water partition coefficient (Wildman–Crippen LogP) is 2.44. The van der Waals surface area contributed by atoms with Crippen LogP contribution in [0.4, 0.5) is 16.5 Å². The number of carbonyl (C=O) groups excluding carboxylic acids is 1. The second-order valence-corrected chi connectivity index (χ2v) is 7.58. The van der Waals surface area contributed by atoms with Gasteiger partial charge in [-0.1, -0.05) is 32.1 Å². The first-order valence-electron chi connectivity index (χ1n) is 7.58. The Morgan fingerprint density at radius 2 is 1.88 bits per heavy atom. The molecule has 0 saturated heterocycles. The molecule has 0 saturated carbocycles. The van der Waals surface area contributed by atoms with Crippen LogP contribution < -0.4 is 16.8 Å². The van der Waals surface area contributed by atoms with Crippen molar-refractivity contribution in [1.82, 2.24) is 19.7 Å². The minimum atomic E-state index is -0.321. The van der Waals surface area contributed by atoms with Gasteiger partial charge in [-0.2, -0.15) is 5.10 Å². The van der Waals surface area contributed by atoms with Crippen molar-refractivity contribution in [2.45, 2.75) is 26.2 Å². The van der Waals surface area contributed by atoms with Crippen LogP contribution in [0.25, 0.3) is 5.00 Å². The fourth-order valence-electron chi connectivity index (χ4n) is 2.30. The summed E-state index contributed by atoms with van der Waals surface area (Å²) in [7, 11) is 0. The zero-order valence-electron chi connectivity index (χ0n) is 14.1. The lowest BCUT2D eigenvalue weighted by Gasteiger charge is -2.16. The molecule has 0 radical (unpaired) electrons. The van der Waals surface area contributed by atoms with Crippen LogP contribution in [0.5, 0.6) is 0 Å². The monoisotopic (exact) mass is 357 g/mol. The minimum Gasteiger partial charge on any atom is -0.399 e. The zero-order valence-corrected chi connectivity index (χ0v) is 15.0. The number of hydrogen-bond donors (Lipinski definition) is 3. The largest absolute Gasteiger partial charge is 0.399 e. The average molecular weight is 357 g/mol. The Balaban J connectivity index is 1.94. The molecule has 0 bridgehead atoms. The van der Waals surface area contributed by atoms with E-state index in [1.165, 1.54) is 17.7 Å². The molecule has 25 heavy (non-hydrogen) atoms. The summed E-state index contributed by atoms with van der Waals surface area (Å²) in [5.74, 6) is -0.321. The number of benzene rings is 1. The minimum absolute atomic E-state index is 0.220. The third-order valence-electron chi connectivity index (χ3n) is 3.41. The highest BCUT2D eigenvalue weighted by molar-refractivity contribution is 7.18. The van der Waals surface area contributed by atoms with E-state index < -0.39 is 0 Å². The van der Waals surface area contributed by atoms with Crippen LogP contribution >= 0.6 is 11.3 Å². The van der Waals surface area contributed by atoms with Crippen LogP contribution in [-0.2, 0) is 5.41 Å². The molecule has 3 rings (SSSR count). The molecule has 9 heteroatoms. The Hall–Kier alpha value is -2.94. The van der Waals surface area contributed by atoms with E-state index in [0.29, 0.717) is 22.1 Å². The van der Waals surface area contributed by atoms with E-state index in [9.17, 15) is 4.79 Å². The van der Waals surface area contributed by atoms with Crippen LogP contribution in [0.2, 0.25) is 0 Å². The van der Waals surface area contributed by atoms with Gasteiger partial charge in [0.2, 0.25) is 0 Å². The van der Waals surface area contributed by atoms with Gasteiger partial charge < -0.3 is 11.5 Å². The van der Waals surface area contributed by atoms with Crippen LogP contribution in [0, 0.1) is 0 Å². The molecule has 5 N–H and O–H groups in total. The number of anilines is 3. The van der Waals surface area contributed by atoms with E-state index in [0.717, 1.165) is 10.7 Å². The highest BCUT2D eigenvalue weighted by Gasteiger charge is 2.25. The molecule has 0 aliphatic heterocycles. The Morgan fingerprint density at radius 1 is 1.20 bits per heavy atom. The lowest BCUT2D eigenvalue weighted by Crippen LogP contribution is -2.16. The van der Waals surface area contributed by atoms with Crippen LogP contribution in [0.1, 0.15) is 36.8 Å². The van der Waals surface area contributed by atoms with E-state index >= 15 is 0 Å². The van der Waals surface area contributed by atoms with Gasteiger partial charge in [-0.05, 0) is 18.2 Å². The van der Waals surface area contributed by atoms with Crippen molar-refractivity contribution in [3.8, 4) is 5.00 Å². The van der Waals surface area contributed by atoms with E-state index in [2.05, 4.69) is 20.4 Å². The Morgan fingerprint density at radius 3 is 2.44 bits per heavy atom. The molecule has 8 nitrogen and oxygen atoms in total. The van der Waals surface area contributed by atoms with Crippen LogP contribution in [0.3, 0.4) is 0 Å². The molecule has 0 fully saturated rings. The van der Waals surface area contributed by atoms with Crippen molar-refractivity contribution >= 4 is 33.8 Å². The lowest BCUT2D eigenvalue weighted by molar-refractivity contribution is 0.102. The Kier molecular flexibility index (Phi) is 4.17. The Labute approximate surface area is 148 Å². The molecule has 1 amide bonds. The summed E-state index contributed by atoms with van der Waals surface area (Å²) < 4.78 is 1.65. The molecule has 0 spiro atoms. The molecule has 130 valence electrons. The number of nitrogens with one attached hydrogen (secondary N) is 1. The maximum Gasteiger partial charge on any atom is 0.257 e. The molecule has 0 aliphatic carbocycles. The van der Waals surface area contributed by atoms with Gasteiger partial charge in [0.25, 0.3) is 5.91 Å². The quantitative estimate of drug-likeness (QED) is 0.618. The maximum atomic E-state index is 12.5. The first-order chi connectivity index (χ1) is 11.7. The van der Waals surface area contributed by atoms with Crippen molar-refractivity contribution < 1.29 is 4.79 Å².